The molecule has 1 aromatic carbocycles. The molecule has 16 heavy (non-hydrogen) atoms. The van der Waals surface area contributed by atoms with Crippen LogP contribution in [0.4, 0.5) is 13.2 Å². The second-order valence-corrected chi connectivity index (χ2v) is 4.50. The number of carbonyl (C=O) groups excluding carboxylic acids is 1. The van der Waals surface area contributed by atoms with Gasteiger partial charge in [-0.3, -0.25) is 4.79 Å². The summed E-state index contributed by atoms with van der Waals surface area (Å²) in [7, 11) is 0. The minimum Gasteiger partial charge on any atom is -0.295 e. The highest BCUT2D eigenvalue weighted by Crippen LogP contribution is 2.38. The van der Waals surface area contributed by atoms with Crippen molar-refractivity contribution in [2.75, 3.05) is 0 Å². The van der Waals surface area contributed by atoms with Crippen molar-refractivity contribution in [3.8, 4) is 0 Å². The number of ketones is 1. The van der Waals surface area contributed by atoms with Gasteiger partial charge in [-0.1, -0.05) is 0 Å². The zero-order valence-electron chi connectivity index (χ0n) is 8.26. The minimum absolute atomic E-state index is 0.151. The third kappa shape index (κ3) is 1.95. The van der Waals surface area contributed by atoms with E-state index in [9.17, 15) is 18.0 Å². The van der Waals surface area contributed by atoms with E-state index in [0.717, 1.165) is 6.07 Å². The first-order valence-corrected chi connectivity index (χ1v) is 5.31. The summed E-state index contributed by atoms with van der Waals surface area (Å²) in [5.74, 6) is -0.151. The predicted octanol–water partition coefficient (Wildman–Crippen LogP) is 4.12. The highest BCUT2D eigenvalue weighted by atomic mass is 32.1. The van der Waals surface area contributed by atoms with Crippen LogP contribution in [0.3, 0.4) is 0 Å². The van der Waals surface area contributed by atoms with Crippen molar-refractivity contribution < 1.29 is 18.0 Å². The summed E-state index contributed by atoms with van der Waals surface area (Å²) in [5, 5.41) is 0.463. The van der Waals surface area contributed by atoms with E-state index >= 15 is 0 Å². The predicted molar refractivity (Wildman–Crippen MR) is 56.8 cm³/mol. The molecule has 1 heterocycles. The monoisotopic (exact) mass is 244 g/mol. The van der Waals surface area contributed by atoms with E-state index in [1.807, 2.05) is 0 Å². The molecule has 0 aliphatic carbocycles. The first-order chi connectivity index (χ1) is 7.38. The van der Waals surface area contributed by atoms with Gasteiger partial charge in [-0.05, 0) is 36.6 Å². The van der Waals surface area contributed by atoms with Gasteiger partial charge in [0.05, 0.1) is 0 Å². The van der Waals surface area contributed by atoms with Gasteiger partial charge in [0.2, 0.25) is 0 Å². The van der Waals surface area contributed by atoms with Crippen LogP contribution in [0.15, 0.2) is 24.3 Å². The van der Waals surface area contributed by atoms with Crippen LogP contribution >= 0.6 is 11.3 Å². The van der Waals surface area contributed by atoms with Crippen LogP contribution in [0.2, 0.25) is 0 Å². The van der Waals surface area contributed by atoms with Crippen molar-refractivity contribution in [2.24, 2.45) is 0 Å². The molecule has 5 heteroatoms. The van der Waals surface area contributed by atoms with Crippen molar-refractivity contribution >= 4 is 27.2 Å². The number of rotatable bonds is 1. The number of halogens is 3. The molecule has 1 nitrogen and oxygen atoms in total. The van der Waals surface area contributed by atoms with Crippen LogP contribution in [0.25, 0.3) is 10.1 Å². The van der Waals surface area contributed by atoms with E-state index < -0.39 is 11.1 Å². The maximum atomic E-state index is 12.4. The first-order valence-electron chi connectivity index (χ1n) is 4.49. The Morgan fingerprint density at radius 3 is 2.50 bits per heavy atom. The molecule has 0 N–H and O–H groups in total. The first kappa shape index (κ1) is 11.1. The van der Waals surface area contributed by atoms with Gasteiger partial charge in [-0.25, -0.2) is 0 Å². The quantitative estimate of drug-likeness (QED) is 0.689. The van der Waals surface area contributed by atoms with E-state index in [1.165, 1.54) is 13.0 Å². The largest absolute Gasteiger partial charge is 0.425 e. The number of hydrogen-bond donors (Lipinski definition) is 0. The third-order valence-corrected chi connectivity index (χ3v) is 3.36. The van der Waals surface area contributed by atoms with E-state index in [2.05, 4.69) is 0 Å². The summed E-state index contributed by atoms with van der Waals surface area (Å²) in [6.45, 7) is 1.39. The fraction of sp³-hybridized carbons (Fsp3) is 0.182. The second kappa shape index (κ2) is 3.59. The summed E-state index contributed by atoms with van der Waals surface area (Å²) in [6.07, 6.45) is -4.32. The van der Waals surface area contributed by atoms with Gasteiger partial charge in [-0.2, -0.15) is 13.2 Å². The molecule has 0 radical (unpaired) electrons. The summed E-state index contributed by atoms with van der Waals surface area (Å²) in [4.78, 5) is 10.4. The van der Waals surface area contributed by atoms with E-state index in [4.69, 9.17) is 0 Å². The molecule has 2 aromatic rings. The Morgan fingerprint density at radius 2 is 1.94 bits per heavy atom. The topological polar surface area (TPSA) is 17.1 Å². The summed E-state index contributed by atoms with van der Waals surface area (Å²) >= 11 is 0.688. The van der Waals surface area contributed by atoms with E-state index in [1.54, 1.807) is 12.1 Å². The van der Waals surface area contributed by atoms with Crippen LogP contribution in [0.5, 0.6) is 0 Å². The molecule has 1 aromatic heterocycles. The Balaban J connectivity index is 2.59. The zero-order valence-corrected chi connectivity index (χ0v) is 9.08. The smallest absolute Gasteiger partial charge is 0.295 e. The lowest BCUT2D eigenvalue weighted by atomic mass is 10.1. The number of benzene rings is 1. The van der Waals surface area contributed by atoms with Crippen LogP contribution in [-0.4, -0.2) is 5.78 Å². The number of fused-ring (bicyclic) bond motifs is 1. The van der Waals surface area contributed by atoms with Gasteiger partial charge in [0, 0.05) is 10.3 Å². The van der Waals surface area contributed by atoms with Crippen LogP contribution < -0.4 is 0 Å². The molecule has 84 valence electrons. The van der Waals surface area contributed by atoms with Gasteiger partial charge in [0.15, 0.2) is 5.78 Å². The van der Waals surface area contributed by atoms with E-state index in [0.29, 0.717) is 27.0 Å². The highest BCUT2D eigenvalue weighted by Gasteiger charge is 2.32. The van der Waals surface area contributed by atoms with Crippen LogP contribution in [0.1, 0.15) is 22.2 Å². The maximum Gasteiger partial charge on any atom is 0.425 e. The highest BCUT2D eigenvalue weighted by molar-refractivity contribution is 7.19. The lowest BCUT2D eigenvalue weighted by molar-refractivity contribution is -0.134. The second-order valence-electron chi connectivity index (χ2n) is 3.42. The lowest BCUT2D eigenvalue weighted by Gasteiger charge is -1.99. The molecule has 0 amide bonds. The van der Waals surface area contributed by atoms with Gasteiger partial charge < -0.3 is 0 Å². The normalized spacial score (nSPS) is 12.0. The molecule has 0 aliphatic rings. The fourth-order valence-electron chi connectivity index (χ4n) is 1.40. The lowest BCUT2D eigenvalue weighted by Crippen LogP contribution is -2.00. The molecule has 0 saturated heterocycles. The van der Waals surface area contributed by atoms with Crippen molar-refractivity contribution in [1.29, 1.82) is 0 Å². The number of thiophene rings is 1. The number of carbonyl (C=O) groups is 1. The molecule has 0 atom stereocenters. The minimum atomic E-state index is -4.32. The molecule has 0 saturated carbocycles. The Kier molecular flexibility index (Phi) is 2.50. The van der Waals surface area contributed by atoms with Crippen molar-refractivity contribution in [1.82, 2.24) is 0 Å². The fourth-order valence-corrected chi connectivity index (χ4v) is 2.31. The van der Waals surface area contributed by atoms with Crippen molar-refractivity contribution in [3.63, 3.8) is 0 Å². The van der Waals surface area contributed by atoms with Crippen LogP contribution in [0, 0.1) is 0 Å². The third-order valence-electron chi connectivity index (χ3n) is 2.20. The maximum absolute atomic E-state index is 12.4. The molecular formula is C11H7F3OS. The van der Waals surface area contributed by atoms with Gasteiger partial charge in [-0.15, -0.1) is 11.3 Å². The van der Waals surface area contributed by atoms with Crippen molar-refractivity contribution in [2.45, 2.75) is 13.1 Å². The standard InChI is InChI=1S/C11H7F3OS/c1-6(15)7-2-3-9-8(4-7)5-10(16-9)11(12,13)14/h2-5H,1H3. The summed E-state index contributed by atoms with van der Waals surface area (Å²) < 4.78 is 37.8. The Morgan fingerprint density at radius 1 is 1.25 bits per heavy atom. The molecule has 0 spiro atoms. The summed E-state index contributed by atoms with van der Waals surface area (Å²) in [6, 6.07) is 5.66. The molecule has 0 unspecified atom stereocenters. The average molecular weight is 244 g/mol. The number of hydrogen-bond acceptors (Lipinski definition) is 2. The molecule has 0 aliphatic heterocycles. The van der Waals surface area contributed by atoms with Gasteiger partial charge in [0.25, 0.3) is 0 Å². The average Bonchev–Trinajstić information content (AvgIpc) is 2.58. The summed E-state index contributed by atoms with van der Waals surface area (Å²) in [5.41, 5.74) is 0.430. The number of alkyl halides is 3. The van der Waals surface area contributed by atoms with E-state index in [-0.39, 0.29) is 5.78 Å². The Hall–Kier alpha value is -1.36. The molecule has 0 fully saturated rings. The SMILES string of the molecule is CC(=O)c1ccc2sc(C(F)(F)F)cc2c1. The van der Waals surface area contributed by atoms with Gasteiger partial charge >= 0.3 is 6.18 Å². The van der Waals surface area contributed by atoms with Crippen LogP contribution in [-0.2, 0) is 6.18 Å². The van der Waals surface area contributed by atoms with Crippen molar-refractivity contribution in [3.05, 3.63) is 34.7 Å². The Labute approximate surface area is 93.5 Å². The molecule has 2 rings (SSSR count). The van der Waals surface area contributed by atoms with Gasteiger partial charge in [0.1, 0.15) is 4.88 Å². The molecule has 0 bridgehead atoms. The molecular weight excluding hydrogens is 237 g/mol. The zero-order chi connectivity index (χ0) is 11.9. The number of Topliss-reactive ketones (excluding diaryl/α,β-unsaturated/α-hetero) is 1. The Bertz CT molecular complexity index is 554.